The monoisotopic (exact) mass is 372 g/mol. The topological polar surface area (TPSA) is 119 Å². The van der Waals surface area contributed by atoms with Crippen molar-refractivity contribution in [1.29, 1.82) is 0 Å². The minimum absolute atomic E-state index is 0.192. The van der Waals surface area contributed by atoms with Crippen LogP contribution < -0.4 is 10.1 Å². The quantitative estimate of drug-likeness (QED) is 0.543. The van der Waals surface area contributed by atoms with Crippen LogP contribution in [-0.2, 0) is 10.2 Å². The summed E-state index contributed by atoms with van der Waals surface area (Å²) in [5, 5.41) is 23.5. The molecule has 0 aromatic heterocycles. The summed E-state index contributed by atoms with van der Waals surface area (Å²) in [5.41, 5.74) is -1.38. The summed E-state index contributed by atoms with van der Waals surface area (Å²) in [6.45, 7) is 1.50. The predicted molar refractivity (Wildman–Crippen MR) is 98.0 cm³/mol. The van der Waals surface area contributed by atoms with E-state index in [0.717, 1.165) is 0 Å². The van der Waals surface area contributed by atoms with Gasteiger partial charge in [-0.3, -0.25) is 19.7 Å². The molecule has 0 saturated heterocycles. The molecule has 2 aromatic rings. The molecule has 0 radical (unpaired) electrons. The molecule has 1 atom stereocenters. The summed E-state index contributed by atoms with van der Waals surface area (Å²) >= 11 is 0. The fourth-order valence-corrected chi connectivity index (χ4v) is 2.85. The van der Waals surface area contributed by atoms with Crippen LogP contribution in [0, 0.1) is 10.1 Å². The second-order valence-corrected chi connectivity index (χ2v) is 5.93. The number of carbonyl (C=O) groups is 2. The zero-order valence-corrected chi connectivity index (χ0v) is 15.0. The van der Waals surface area contributed by atoms with Crippen molar-refractivity contribution in [3.63, 3.8) is 0 Å². The summed E-state index contributed by atoms with van der Waals surface area (Å²) in [4.78, 5) is 35.1. The molecule has 0 aliphatic carbocycles. The number of amides is 1. The third-order valence-corrected chi connectivity index (χ3v) is 4.54. The van der Waals surface area contributed by atoms with E-state index in [2.05, 4.69) is 5.32 Å². The van der Waals surface area contributed by atoms with Gasteiger partial charge in [0.25, 0.3) is 11.6 Å². The molecular weight excluding hydrogens is 352 g/mol. The molecule has 142 valence electrons. The lowest BCUT2D eigenvalue weighted by atomic mass is 9.78. The number of nitrogens with zero attached hydrogens (tertiary/aromatic N) is 1. The van der Waals surface area contributed by atoms with E-state index in [1.165, 1.54) is 25.3 Å². The van der Waals surface area contributed by atoms with Crippen molar-refractivity contribution < 1.29 is 24.4 Å². The highest BCUT2D eigenvalue weighted by atomic mass is 16.6. The molecule has 0 spiro atoms. The molecule has 1 unspecified atom stereocenters. The summed E-state index contributed by atoms with van der Waals surface area (Å²) in [7, 11) is 1.38. The Balaban J connectivity index is 2.34. The van der Waals surface area contributed by atoms with Gasteiger partial charge in [0.2, 0.25) is 0 Å². The summed E-state index contributed by atoms with van der Waals surface area (Å²) in [6, 6.07) is 12.4. The third kappa shape index (κ3) is 4.05. The number of carboxylic acids is 1. The van der Waals surface area contributed by atoms with Crippen LogP contribution in [0.4, 0.5) is 5.69 Å². The summed E-state index contributed by atoms with van der Waals surface area (Å²) in [6.07, 6.45) is 0.229. The van der Waals surface area contributed by atoms with E-state index in [1.54, 1.807) is 37.3 Å². The summed E-state index contributed by atoms with van der Waals surface area (Å²) < 4.78 is 5.02. The van der Waals surface area contributed by atoms with Gasteiger partial charge in [-0.1, -0.05) is 37.3 Å². The second kappa shape index (κ2) is 8.31. The van der Waals surface area contributed by atoms with Crippen molar-refractivity contribution in [3.05, 3.63) is 69.8 Å². The molecule has 1 amide bonds. The molecular formula is C19H20N2O6. The van der Waals surface area contributed by atoms with Crippen LogP contribution in [0.2, 0.25) is 0 Å². The highest BCUT2D eigenvalue weighted by molar-refractivity contribution is 5.99. The first-order chi connectivity index (χ1) is 12.9. The average molecular weight is 372 g/mol. The predicted octanol–water partition coefficient (Wildman–Crippen LogP) is 2.77. The Bertz CT molecular complexity index is 853. The van der Waals surface area contributed by atoms with E-state index in [0.29, 0.717) is 5.56 Å². The number of rotatable bonds is 8. The highest BCUT2D eigenvalue weighted by Crippen LogP contribution is 2.29. The van der Waals surface area contributed by atoms with Crippen LogP contribution in [0.25, 0.3) is 0 Å². The summed E-state index contributed by atoms with van der Waals surface area (Å²) in [5.74, 6) is -1.54. The largest absolute Gasteiger partial charge is 0.497 e. The van der Waals surface area contributed by atoms with Crippen LogP contribution in [0.1, 0.15) is 29.3 Å². The fraction of sp³-hybridized carbons (Fsp3) is 0.263. The Hall–Kier alpha value is -3.42. The number of hydrogen-bond acceptors (Lipinski definition) is 5. The number of nitrogens with one attached hydrogen (secondary N) is 1. The van der Waals surface area contributed by atoms with Gasteiger partial charge in [0.05, 0.1) is 12.0 Å². The SMILES string of the molecule is CCC(CNC(=O)c1cc(OC)ccc1[N+](=O)[O-])(C(=O)O)c1ccccc1. The van der Waals surface area contributed by atoms with Gasteiger partial charge in [0, 0.05) is 12.6 Å². The minimum Gasteiger partial charge on any atom is -0.497 e. The minimum atomic E-state index is -1.34. The Morgan fingerprint density at radius 1 is 1.22 bits per heavy atom. The number of benzene rings is 2. The smallest absolute Gasteiger partial charge is 0.315 e. The van der Waals surface area contributed by atoms with E-state index >= 15 is 0 Å². The Labute approximate surface area is 155 Å². The number of nitro groups is 1. The van der Waals surface area contributed by atoms with Crippen molar-refractivity contribution in [2.75, 3.05) is 13.7 Å². The normalized spacial score (nSPS) is 12.7. The van der Waals surface area contributed by atoms with Crippen molar-refractivity contribution in [1.82, 2.24) is 5.32 Å². The molecule has 0 heterocycles. The highest BCUT2D eigenvalue weighted by Gasteiger charge is 2.39. The molecule has 8 heteroatoms. The van der Waals surface area contributed by atoms with E-state index in [1.807, 2.05) is 0 Å². The molecule has 0 bridgehead atoms. The molecule has 0 aliphatic rings. The van der Waals surface area contributed by atoms with E-state index in [-0.39, 0.29) is 30.0 Å². The number of aliphatic carboxylic acids is 1. The van der Waals surface area contributed by atoms with Crippen LogP contribution in [0.5, 0.6) is 5.75 Å². The van der Waals surface area contributed by atoms with Gasteiger partial charge in [-0.05, 0) is 24.1 Å². The zero-order chi connectivity index (χ0) is 20.0. The molecule has 2 N–H and O–H groups in total. The molecule has 27 heavy (non-hydrogen) atoms. The lowest BCUT2D eigenvalue weighted by Gasteiger charge is -2.29. The van der Waals surface area contributed by atoms with Gasteiger partial charge in [-0.15, -0.1) is 0 Å². The van der Waals surface area contributed by atoms with Crippen molar-refractivity contribution in [2.24, 2.45) is 0 Å². The molecule has 0 fully saturated rings. The lowest BCUT2D eigenvalue weighted by molar-refractivity contribution is -0.385. The molecule has 0 saturated carbocycles. The molecule has 2 rings (SSSR count). The first-order valence-electron chi connectivity index (χ1n) is 8.25. The molecule has 0 aliphatic heterocycles. The first kappa shape index (κ1) is 19.9. The lowest BCUT2D eigenvalue weighted by Crippen LogP contribution is -2.46. The van der Waals surface area contributed by atoms with E-state index < -0.39 is 22.2 Å². The van der Waals surface area contributed by atoms with Crippen molar-refractivity contribution in [2.45, 2.75) is 18.8 Å². The number of hydrogen-bond donors (Lipinski definition) is 2. The maximum atomic E-state index is 12.6. The van der Waals surface area contributed by atoms with Gasteiger partial charge in [-0.2, -0.15) is 0 Å². The fourth-order valence-electron chi connectivity index (χ4n) is 2.85. The van der Waals surface area contributed by atoms with Crippen LogP contribution in [-0.4, -0.2) is 35.6 Å². The number of carbonyl (C=O) groups excluding carboxylic acids is 1. The number of ether oxygens (including phenoxy) is 1. The zero-order valence-electron chi connectivity index (χ0n) is 15.0. The number of methoxy groups -OCH3 is 1. The molecule has 2 aromatic carbocycles. The average Bonchev–Trinajstić information content (AvgIpc) is 2.68. The van der Waals surface area contributed by atoms with Gasteiger partial charge in [-0.25, -0.2) is 0 Å². The maximum Gasteiger partial charge on any atom is 0.315 e. The van der Waals surface area contributed by atoms with Crippen LogP contribution in [0.15, 0.2) is 48.5 Å². The third-order valence-electron chi connectivity index (χ3n) is 4.54. The standard InChI is InChI=1S/C19H20N2O6/c1-3-19(18(23)24,13-7-5-4-6-8-13)12-20-17(22)15-11-14(27-2)9-10-16(15)21(25)26/h4-11H,3,12H2,1-2H3,(H,20,22)(H,23,24). The van der Waals surface area contributed by atoms with Crippen molar-refractivity contribution >= 4 is 17.6 Å². The Morgan fingerprint density at radius 3 is 2.41 bits per heavy atom. The van der Waals surface area contributed by atoms with Crippen LogP contribution in [0.3, 0.4) is 0 Å². The van der Waals surface area contributed by atoms with E-state index in [4.69, 9.17) is 4.74 Å². The van der Waals surface area contributed by atoms with Crippen LogP contribution >= 0.6 is 0 Å². The van der Waals surface area contributed by atoms with Gasteiger partial charge in [0.1, 0.15) is 16.7 Å². The number of nitro benzene ring substituents is 1. The molecule has 8 nitrogen and oxygen atoms in total. The van der Waals surface area contributed by atoms with Gasteiger partial charge < -0.3 is 15.2 Å². The Kier molecular flexibility index (Phi) is 6.12. The second-order valence-electron chi connectivity index (χ2n) is 5.93. The Morgan fingerprint density at radius 2 is 1.89 bits per heavy atom. The van der Waals surface area contributed by atoms with Gasteiger partial charge in [0.15, 0.2) is 0 Å². The maximum absolute atomic E-state index is 12.6. The van der Waals surface area contributed by atoms with E-state index in [9.17, 15) is 24.8 Å². The first-order valence-corrected chi connectivity index (χ1v) is 8.25. The van der Waals surface area contributed by atoms with Crippen molar-refractivity contribution in [3.8, 4) is 5.75 Å². The number of carboxylic acid groups (broad SMARTS) is 1. The van der Waals surface area contributed by atoms with Gasteiger partial charge >= 0.3 is 5.97 Å².